The number of aliphatic hydroxyl groups is 1. The molecule has 1 atom stereocenters. The van der Waals surface area contributed by atoms with E-state index in [0.717, 1.165) is 45.7 Å². The Bertz CT molecular complexity index is 119. The molecule has 1 fully saturated rings. The first kappa shape index (κ1) is 9.96. The van der Waals surface area contributed by atoms with Crippen LogP contribution in [0.1, 0.15) is 19.8 Å². The van der Waals surface area contributed by atoms with Crippen molar-refractivity contribution in [3.8, 4) is 0 Å². The normalized spacial score (nSPS) is 25.0. The summed E-state index contributed by atoms with van der Waals surface area (Å²) in [6.45, 7) is 6.60. The molecule has 0 bridgehead atoms. The monoisotopic (exact) mass is 173 g/mol. The first-order chi connectivity index (χ1) is 5.83. The van der Waals surface area contributed by atoms with Crippen molar-refractivity contribution in [1.82, 2.24) is 4.90 Å². The molecule has 0 amide bonds. The SMILES string of the molecule is CCCOCCN1CC[C@H](O)C1. The van der Waals surface area contributed by atoms with Crippen molar-refractivity contribution in [2.24, 2.45) is 0 Å². The molecule has 0 aromatic carbocycles. The van der Waals surface area contributed by atoms with E-state index in [4.69, 9.17) is 4.74 Å². The van der Waals surface area contributed by atoms with Crippen molar-refractivity contribution in [2.75, 3.05) is 32.8 Å². The molecular weight excluding hydrogens is 154 g/mol. The third-order valence-corrected chi connectivity index (χ3v) is 2.15. The highest BCUT2D eigenvalue weighted by atomic mass is 16.5. The van der Waals surface area contributed by atoms with Gasteiger partial charge in [0, 0.05) is 26.2 Å². The molecule has 0 saturated carbocycles. The molecule has 1 aliphatic heterocycles. The van der Waals surface area contributed by atoms with Crippen molar-refractivity contribution in [3.05, 3.63) is 0 Å². The Balaban J connectivity index is 1.93. The van der Waals surface area contributed by atoms with E-state index in [2.05, 4.69) is 11.8 Å². The zero-order valence-electron chi connectivity index (χ0n) is 7.83. The van der Waals surface area contributed by atoms with Crippen LogP contribution < -0.4 is 0 Å². The zero-order valence-corrected chi connectivity index (χ0v) is 7.83. The number of hydrogen-bond donors (Lipinski definition) is 1. The van der Waals surface area contributed by atoms with Crippen LogP contribution >= 0.6 is 0 Å². The van der Waals surface area contributed by atoms with Crippen LogP contribution in [-0.4, -0.2) is 49.0 Å². The van der Waals surface area contributed by atoms with E-state index in [0.29, 0.717) is 0 Å². The highest BCUT2D eigenvalue weighted by Crippen LogP contribution is 2.07. The van der Waals surface area contributed by atoms with Crippen LogP contribution in [0.4, 0.5) is 0 Å². The maximum Gasteiger partial charge on any atom is 0.0679 e. The van der Waals surface area contributed by atoms with Gasteiger partial charge >= 0.3 is 0 Å². The molecule has 0 spiro atoms. The average Bonchev–Trinajstić information content (AvgIpc) is 2.45. The number of nitrogens with zero attached hydrogens (tertiary/aromatic N) is 1. The molecule has 12 heavy (non-hydrogen) atoms. The fraction of sp³-hybridized carbons (Fsp3) is 1.00. The second kappa shape index (κ2) is 5.51. The fourth-order valence-corrected chi connectivity index (χ4v) is 1.46. The van der Waals surface area contributed by atoms with Crippen LogP contribution in [-0.2, 0) is 4.74 Å². The van der Waals surface area contributed by atoms with Gasteiger partial charge in [-0.2, -0.15) is 0 Å². The first-order valence-corrected chi connectivity index (χ1v) is 4.81. The van der Waals surface area contributed by atoms with Gasteiger partial charge in [0.1, 0.15) is 0 Å². The molecule has 3 nitrogen and oxygen atoms in total. The van der Waals surface area contributed by atoms with Crippen LogP contribution in [0.5, 0.6) is 0 Å². The smallest absolute Gasteiger partial charge is 0.0679 e. The average molecular weight is 173 g/mol. The molecule has 1 saturated heterocycles. The predicted octanol–water partition coefficient (Wildman–Crippen LogP) is 0.480. The van der Waals surface area contributed by atoms with Gasteiger partial charge in [0.05, 0.1) is 12.7 Å². The number of aliphatic hydroxyl groups excluding tert-OH is 1. The van der Waals surface area contributed by atoms with Crippen molar-refractivity contribution in [2.45, 2.75) is 25.9 Å². The predicted molar refractivity (Wildman–Crippen MR) is 48.2 cm³/mol. The summed E-state index contributed by atoms with van der Waals surface area (Å²) in [5.74, 6) is 0. The molecule has 3 heteroatoms. The topological polar surface area (TPSA) is 32.7 Å². The van der Waals surface area contributed by atoms with Crippen molar-refractivity contribution >= 4 is 0 Å². The van der Waals surface area contributed by atoms with Crippen molar-refractivity contribution in [1.29, 1.82) is 0 Å². The highest BCUT2D eigenvalue weighted by Gasteiger charge is 2.18. The summed E-state index contributed by atoms with van der Waals surface area (Å²) >= 11 is 0. The standard InChI is InChI=1S/C9H19NO2/c1-2-6-12-7-5-10-4-3-9(11)8-10/h9,11H,2-8H2,1H3/t9-/m0/s1. The molecule has 1 heterocycles. The van der Waals surface area contributed by atoms with E-state index in [1.54, 1.807) is 0 Å². The third kappa shape index (κ3) is 3.52. The first-order valence-electron chi connectivity index (χ1n) is 4.81. The summed E-state index contributed by atoms with van der Waals surface area (Å²) in [5.41, 5.74) is 0. The van der Waals surface area contributed by atoms with Crippen LogP contribution in [0.25, 0.3) is 0 Å². The summed E-state index contributed by atoms with van der Waals surface area (Å²) < 4.78 is 5.36. The number of hydrogen-bond acceptors (Lipinski definition) is 3. The maximum atomic E-state index is 9.22. The van der Waals surface area contributed by atoms with E-state index < -0.39 is 0 Å². The Morgan fingerprint density at radius 3 is 2.92 bits per heavy atom. The lowest BCUT2D eigenvalue weighted by molar-refractivity contribution is 0.105. The molecule has 1 aliphatic rings. The minimum Gasteiger partial charge on any atom is -0.392 e. The zero-order chi connectivity index (χ0) is 8.81. The summed E-state index contributed by atoms with van der Waals surface area (Å²) in [6, 6.07) is 0. The van der Waals surface area contributed by atoms with Crippen molar-refractivity contribution < 1.29 is 9.84 Å². The van der Waals surface area contributed by atoms with Gasteiger partial charge in [-0.15, -0.1) is 0 Å². The highest BCUT2D eigenvalue weighted by molar-refractivity contribution is 4.73. The molecule has 0 radical (unpaired) electrons. The van der Waals surface area contributed by atoms with Gasteiger partial charge in [-0.25, -0.2) is 0 Å². The van der Waals surface area contributed by atoms with Crippen LogP contribution in [0, 0.1) is 0 Å². The number of β-amino-alcohol motifs (C(OH)–C–C–N with tert-alkyl or cyclic N) is 1. The minimum atomic E-state index is -0.101. The van der Waals surface area contributed by atoms with Gasteiger partial charge in [0.15, 0.2) is 0 Å². The van der Waals surface area contributed by atoms with E-state index in [-0.39, 0.29) is 6.10 Å². The molecule has 1 rings (SSSR count). The van der Waals surface area contributed by atoms with Crippen LogP contribution in [0.15, 0.2) is 0 Å². The molecule has 0 unspecified atom stereocenters. The second-order valence-electron chi connectivity index (χ2n) is 3.36. The number of ether oxygens (including phenoxy) is 1. The molecule has 1 N–H and O–H groups in total. The van der Waals surface area contributed by atoms with Crippen LogP contribution in [0.2, 0.25) is 0 Å². The Kier molecular flexibility index (Phi) is 4.58. The van der Waals surface area contributed by atoms with Gasteiger partial charge < -0.3 is 9.84 Å². The number of rotatable bonds is 5. The summed E-state index contributed by atoms with van der Waals surface area (Å²) in [6.07, 6.45) is 1.91. The summed E-state index contributed by atoms with van der Waals surface area (Å²) in [4.78, 5) is 2.25. The quantitative estimate of drug-likeness (QED) is 0.614. The minimum absolute atomic E-state index is 0.101. The lowest BCUT2D eigenvalue weighted by atomic mass is 10.3. The van der Waals surface area contributed by atoms with E-state index in [1.807, 2.05) is 0 Å². The lowest BCUT2D eigenvalue weighted by Crippen LogP contribution is -2.26. The van der Waals surface area contributed by atoms with E-state index in [1.165, 1.54) is 0 Å². The summed E-state index contributed by atoms with van der Waals surface area (Å²) in [5, 5.41) is 9.22. The Morgan fingerprint density at radius 1 is 1.50 bits per heavy atom. The largest absolute Gasteiger partial charge is 0.392 e. The second-order valence-corrected chi connectivity index (χ2v) is 3.36. The molecule has 0 aromatic heterocycles. The van der Waals surface area contributed by atoms with Gasteiger partial charge in [-0.05, 0) is 12.8 Å². The van der Waals surface area contributed by atoms with Gasteiger partial charge in [0.25, 0.3) is 0 Å². The number of likely N-dealkylation sites (tertiary alicyclic amines) is 1. The van der Waals surface area contributed by atoms with Gasteiger partial charge in [-0.3, -0.25) is 4.90 Å². The Labute approximate surface area is 74.3 Å². The lowest BCUT2D eigenvalue weighted by Gasteiger charge is -2.14. The summed E-state index contributed by atoms with van der Waals surface area (Å²) in [7, 11) is 0. The fourth-order valence-electron chi connectivity index (χ4n) is 1.46. The van der Waals surface area contributed by atoms with E-state index >= 15 is 0 Å². The Morgan fingerprint density at radius 2 is 2.33 bits per heavy atom. The Hall–Kier alpha value is -0.120. The van der Waals surface area contributed by atoms with Crippen LogP contribution in [0.3, 0.4) is 0 Å². The maximum absolute atomic E-state index is 9.22. The van der Waals surface area contributed by atoms with Crippen molar-refractivity contribution in [3.63, 3.8) is 0 Å². The van der Waals surface area contributed by atoms with Gasteiger partial charge in [0.2, 0.25) is 0 Å². The molecule has 0 aliphatic carbocycles. The molecular formula is C9H19NO2. The third-order valence-electron chi connectivity index (χ3n) is 2.15. The molecule has 0 aromatic rings. The van der Waals surface area contributed by atoms with E-state index in [9.17, 15) is 5.11 Å². The van der Waals surface area contributed by atoms with Gasteiger partial charge in [-0.1, -0.05) is 6.92 Å². The molecule has 72 valence electrons.